The summed E-state index contributed by atoms with van der Waals surface area (Å²) in [6.45, 7) is 2.97. The summed E-state index contributed by atoms with van der Waals surface area (Å²) in [4.78, 5) is 0. The van der Waals surface area contributed by atoms with Crippen molar-refractivity contribution < 1.29 is 14.9 Å². The molecule has 0 radical (unpaired) electrons. The molecule has 0 amide bonds. The number of unbranched alkanes of at least 4 members (excludes halogenated alkanes) is 6. The van der Waals surface area contributed by atoms with Crippen LogP contribution in [0.4, 0.5) is 0 Å². The maximum atomic E-state index is 8.98. The fraction of sp³-hybridized carbons (Fsp3) is 1.00. The molecule has 0 aromatic rings. The molecule has 0 aromatic heterocycles. The van der Waals surface area contributed by atoms with Crippen LogP contribution in [0.2, 0.25) is 0 Å². The third-order valence-electron chi connectivity index (χ3n) is 2.41. The van der Waals surface area contributed by atoms with E-state index in [-0.39, 0.29) is 13.2 Å². The Morgan fingerprint density at radius 1 is 1.00 bits per heavy atom. The minimum absolute atomic E-state index is 0.211. The average molecular weight is 218 g/mol. The molecule has 0 heterocycles. The lowest BCUT2D eigenvalue weighted by molar-refractivity contribution is 0.00526. The smallest absolute Gasteiger partial charge is 0.100 e. The molecule has 0 saturated heterocycles. The third kappa shape index (κ3) is 11.8. The van der Waals surface area contributed by atoms with Crippen LogP contribution in [0, 0.1) is 0 Å². The third-order valence-corrected chi connectivity index (χ3v) is 2.41. The zero-order valence-corrected chi connectivity index (χ0v) is 9.95. The average Bonchev–Trinajstić information content (AvgIpc) is 2.26. The van der Waals surface area contributed by atoms with Crippen molar-refractivity contribution >= 4 is 0 Å². The Kier molecular flexibility index (Phi) is 11.9. The van der Waals surface area contributed by atoms with E-state index in [9.17, 15) is 0 Å². The van der Waals surface area contributed by atoms with Gasteiger partial charge in [0.25, 0.3) is 0 Å². The van der Waals surface area contributed by atoms with Gasteiger partial charge in [0.15, 0.2) is 0 Å². The van der Waals surface area contributed by atoms with Crippen molar-refractivity contribution in [1.82, 2.24) is 0 Å². The van der Waals surface area contributed by atoms with Crippen LogP contribution in [0.25, 0.3) is 0 Å². The van der Waals surface area contributed by atoms with E-state index in [1.54, 1.807) is 0 Å². The van der Waals surface area contributed by atoms with Crippen molar-refractivity contribution in [3.8, 4) is 0 Å². The SMILES string of the molecule is CCCCCCCCCOCC(O)CO. The minimum Gasteiger partial charge on any atom is -0.394 e. The van der Waals surface area contributed by atoms with Crippen LogP contribution < -0.4 is 0 Å². The molecule has 1 atom stereocenters. The van der Waals surface area contributed by atoms with E-state index in [2.05, 4.69) is 6.92 Å². The van der Waals surface area contributed by atoms with E-state index < -0.39 is 6.10 Å². The summed E-state index contributed by atoms with van der Waals surface area (Å²) in [7, 11) is 0. The van der Waals surface area contributed by atoms with Crippen LogP contribution in [0.1, 0.15) is 51.9 Å². The van der Waals surface area contributed by atoms with E-state index in [4.69, 9.17) is 14.9 Å². The van der Waals surface area contributed by atoms with Gasteiger partial charge in [-0.25, -0.2) is 0 Å². The summed E-state index contributed by atoms with van der Waals surface area (Å²) < 4.78 is 5.20. The van der Waals surface area contributed by atoms with Gasteiger partial charge in [-0.3, -0.25) is 0 Å². The van der Waals surface area contributed by atoms with E-state index in [0.29, 0.717) is 6.61 Å². The fourth-order valence-electron chi connectivity index (χ4n) is 1.43. The van der Waals surface area contributed by atoms with Crippen molar-refractivity contribution in [1.29, 1.82) is 0 Å². The minimum atomic E-state index is -0.713. The molecule has 15 heavy (non-hydrogen) atoms. The Morgan fingerprint density at radius 2 is 1.60 bits per heavy atom. The highest BCUT2D eigenvalue weighted by molar-refractivity contribution is 4.49. The van der Waals surface area contributed by atoms with Gasteiger partial charge >= 0.3 is 0 Å². The van der Waals surface area contributed by atoms with Gasteiger partial charge in [-0.2, -0.15) is 0 Å². The quantitative estimate of drug-likeness (QED) is 0.522. The van der Waals surface area contributed by atoms with Crippen LogP contribution in [0.15, 0.2) is 0 Å². The van der Waals surface area contributed by atoms with E-state index in [1.807, 2.05) is 0 Å². The van der Waals surface area contributed by atoms with Gasteiger partial charge in [-0.1, -0.05) is 45.4 Å². The van der Waals surface area contributed by atoms with Gasteiger partial charge in [-0.15, -0.1) is 0 Å². The second-order valence-corrected chi connectivity index (χ2v) is 4.03. The molecular weight excluding hydrogens is 192 g/mol. The molecule has 0 bridgehead atoms. The second kappa shape index (κ2) is 12.0. The largest absolute Gasteiger partial charge is 0.394 e. The predicted octanol–water partition coefficient (Wildman–Crippen LogP) is 2.11. The molecule has 2 N–H and O–H groups in total. The highest BCUT2D eigenvalue weighted by Gasteiger charge is 2.00. The zero-order chi connectivity index (χ0) is 11.4. The van der Waals surface area contributed by atoms with Crippen molar-refractivity contribution in [2.45, 2.75) is 58.0 Å². The molecule has 92 valence electrons. The summed E-state index contributed by atoms with van der Waals surface area (Å²) in [6.07, 6.45) is 8.15. The molecule has 0 spiro atoms. The molecule has 0 aromatic carbocycles. The molecule has 3 heteroatoms. The molecule has 0 saturated carbocycles. The van der Waals surface area contributed by atoms with Gasteiger partial charge in [0.1, 0.15) is 6.10 Å². The van der Waals surface area contributed by atoms with Crippen molar-refractivity contribution in [2.75, 3.05) is 19.8 Å². The van der Waals surface area contributed by atoms with Crippen LogP contribution in [0.3, 0.4) is 0 Å². The lowest BCUT2D eigenvalue weighted by Gasteiger charge is -2.07. The Bertz CT molecular complexity index is 117. The standard InChI is InChI=1S/C12H26O3/c1-2-3-4-5-6-7-8-9-15-11-12(14)10-13/h12-14H,2-11H2,1H3. The molecule has 0 aliphatic rings. The summed E-state index contributed by atoms with van der Waals surface area (Å²) in [5.74, 6) is 0. The summed E-state index contributed by atoms with van der Waals surface area (Å²) in [5, 5.41) is 17.5. The van der Waals surface area contributed by atoms with Crippen LogP contribution in [-0.2, 0) is 4.74 Å². The summed E-state index contributed by atoms with van der Waals surface area (Å²) >= 11 is 0. The van der Waals surface area contributed by atoms with E-state index in [0.717, 1.165) is 6.42 Å². The maximum absolute atomic E-state index is 8.98. The molecular formula is C12H26O3. The Labute approximate surface area is 93.5 Å². The number of rotatable bonds is 11. The molecule has 0 aliphatic heterocycles. The van der Waals surface area contributed by atoms with Gasteiger partial charge < -0.3 is 14.9 Å². The lowest BCUT2D eigenvalue weighted by Crippen LogP contribution is -2.19. The molecule has 3 nitrogen and oxygen atoms in total. The van der Waals surface area contributed by atoms with Crippen molar-refractivity contribution in [3.63, 3.8) is 0 Å². The van der Waals surface area contributed by atoms with Crippen LogP contribution >= 0.6 is 0 Å². The highest BCUT2D eigenvalue weighted by atomic mass is 16.5. The first-order valence-corrected chi connectivity index (χ1v) is 6.18. The van der Waals surface area contributed by atoms with Crippen molar-refractivity contribution in [2.24, 2.45) is 0 Å². The van der Waals surface area contributed by atoms with Crippen LogP contribution in [-0.4, -0.2) is 36.1 Å². The normalized spacial score (nSPS) is 13.0. The molecule has 1 unspecified atom stereocenters. The molecule has 0 fully saturated rings. The van der Waals surface area contributed by atoms with E-state index >= 15 is 0 Å². The van der Waals surface area contributed by atoms with E-state index in [1.165, 1.54) is 38.5 Å². The van der Waals surface area contributed by atoms with Gasteiger partial charge in [-0.05, 0) is 6.42 Å². The Morgan fingerprint density at radius 3 is 2.20 bits per heavy atom. The number of ether oxygens (including phenoxy) is 1. The zero-order valence-electron chi connectivity index (χ0n) is 9.95. The lowest BCUT2D eigenvalue weighted by atomic mass is 10.1. The van der Waals surface area contributed by atoms with Crippen molar-refractivity contribution in [3.05, 3.63) is 0 Å². The second-order valence-electron chi connectivity index (χ2n) is 4.03. The number of aliphatic hydroxyl groups excluding tert-OH is 2. The highest BCUT2D eigenvalue weighted by Crippen LogP contribution is 2.06. The number of hydrogen-bond acceptors (Lipinski definition) is 3. The van der Waals surface area contributed by atoms with Crippen LogP contribution in [0.5, 0.6) is 0 Å². The Balaban J connectivity index is 2.92. The topological polar surface area (TPSA) is 49.7 Å². The monoisotopic (exact) mass is 218 g/mol. The first kappa shape index (κ1) is 14.9. The first-order valence-electron chi connectivity index (χ1n) is 6.18. The number of aliphatic hydroxyl groups is 2. The predicted molar refractivity (Wildman–Crippen MR) is 61.9 cm³/mol. The summed E-state index contributed by atoms with van der Waals surface area (Å²) in [5.41, 5.74) is 0. The maximum Gasteiger partial charge on any atom is 0.100 e. The fourth-order valence-corrected chi connectivity index (χ4v) is 1.43. The molecule has 0 aliphatic carbocycles. The molecule has 0 rings (SSSR count). The van der Waals surface area contributed by atoms with Gasteiger partial charge in [0, 0.05) is 6.61 Å². The summed E-state index contributed by atoms with van der Waals surface area (Å²) in [6, 6.07) is 0. The number of hydrogen-bond donors (Lipinski definition) is 2. The first-order chi connectivity index (χ1) is 7.31. The van der Waals surface area contributed by atoms with Gasteiger partial charge in [0.2, 0.25) is 0 Å². The Hall–Kier alpha value is -0.120. The van der Waals surface area contributed by atoms with Gasteiger partial charge in [0.05, 0.1) is 13.2 Å².